The zero-order valence-electron chi connectivity index (χ0n) is 10.0. The van der Waals surface area contributed by atoms with E-state index in [1.165, 1.54) is 0 Å². The molecule has 0 fully saturated rings. The molecule has 1 rings (SSSR count). The van der Waals surface area contributed by atoms with Crippen LogP contribution in [0.3, 0.4) is 0 Å². The molecule has 90 valence electrons. The Morgan fingerprint density at radius 1 is 1.38 bits per heavy atom. The van der Waals surface area contributed by atoms with Crippen LogP contribution in [0.25, 0.3) is 0 Å². The van der Waals surface area contributed by atoms with Crippen molar-refractivity contribution < 1.29 is 5.11 Å². The Kier molecular flexibility index (Phi) is 4.74. The minimum atomic E-state index is -0.636. The van der Waals surface area contributed by atoms with Gasteiger partial charge >= 0.3 is 0 Å². The molecule has 0 aromatic carbocycles. The van der Waals surface area contributed by atoms with Gasteiger partial charge in [-0.1, -0.05) is 13.8 Å². The molecule has 0 bridgehead atoms. The maximum absolute atomic E-state index is 10.1. The molecule has 0 aliphatic carbocycles. The second-order valence-corrected chi connectivity index (χ2v) is 4.90. The highest BCUT2D eigenvalue weighted by Gasteiger charge is 2.21. The topological polar surface area (TPSA) is 45.1 Å². The van der Waals surface area contributed by atoms with Gasteiger partial charge in [0.05, 0.1) is 11.3 Å². The van der Waals surface area contributed by atoms with E-state index in [1.54, 1.807) is 0 Å². The standard InChI is InChI=1S/C12H19BrN2O/c1-4-12(16,5-2)8-14-11-7-6-10(13)9(3)15-11/h6-7,16H,4-5,8H2,1-3H3,(H,14,15). The first-order valence-corrected chi connectivity index (χ1v) is 6.39. The molecular formula is C12H19BrN2O. The second-order valence-electron chi connectivity index (χ2n) is 4.05. The Hall–Kier alpha value is -0.610. The summed E-state index contributed by atoms with van der Waals surface area (Å²) in [6.45, 7) is 6.46. The van der Waals surface area contributed by atoms with Gasteiger partial charge in [-0.15, -0.1) is 0 Å². The third kappa shape index (κ3) is 3.46. The summed E-state index contributed by atoms with van der Waals surface area (Å²) in [6, 6.07) is 3.87. The van der Waals surface area contributed by atoms with Crippen molar-refractivity contribution in [1.29, 1.82) is 0 Å². The fourth-order valence-corrected chi connectivity index (χ4v) is 1.62. The van der Waals surface area contributed by atoms with Gasteiger partial charge in [0.2, 0.25) is 0 Å². The molecule has 0 spiro atoms. The van der Waals surface area contributed by atoms with Crippen molar-refractivity contribution in [2.75, 3.05) is 11.9 Å². The summed E-state index contributed by atoms with van der Waals surface area (Å²) in [6.07, 6.45) is 1.48. The van der Waals surface area contributed by atoms with Crippen LogP contribution in [-0.2, 0) is 0 Å². The number of nitrogens with one attached hydrogen (secondary N) is 1. The number of nitrogens with zero attached hydrogens (tertiary/aromatic N) is 1. The molecular weight excluding hydrogens is 268 g/mol. The maximum Gasteiger partial charge on any atom is 0.126 e. The zero-order chi connectivity index (χ0) is 12.2. The fourth-order valence-electron chi connectivity index (χ4n) is 1.40. The molecule has 4 heteroatoms. The van der Waals surface area contributed by atoms with Crippen LogP contribution < -0.4 is 5.32 Å². The largest absolute Gasteiger partial charge is 0.388 e. The minimum absolute atomic E-state index is 0.536. The summed E-state index contributed by atoms with van der Waals surface area (Å²) in [5.74, 6) is 0.807. The molecule has 0 unspecified atom stereocenters. The second kappa shape index (κ2) is 5.64. The number of aliphatic hydroxyl groups is 1. The maximum atomic E-state index is 10.1. The molecule has 0 saturated heterocycles. The lowest BCUT2D eigenvalue weighted by atomic mass is 9.98. The summed E-state index contributed by atoms with van der Waals surface area (Å²) in [5.41, 5.74) is 0.310. The molecule has 1 aromatic heterocycles. The van der Waals surface area contributed by atoms with E-state index in [2.05, 4.69) is 26.2 Å². The van der Waals surface area contributed by atoms with E-state index < -0.39 is 5.60 Å². The van der Waals surface area contributed by atoms with E-state index in [9.17, 15) is 5.11 Å². The van der Waals surface area contributed by atoms with Gasteiger partial charge < -0.3 is 10.4 Å². The van der Waals surface area contributed by atoms with Crippen LogP contribution in [0.2, 0.25) is 0 Å². The van der Waals surface area contributed by atoms with E-state index in [0.29, 0.717) is 6.54 Å². The smallest absolute Gasteiger partial charge is 0.126 e. The van der Waals surface area contributed by atoms with E-state index in [1.807, 2.05) is 32.9 Å². The SMILES string of the molecule is CCC(O)(CC)CNc1ccc(Br)c(C)n1. The van der Waals surface area contributed by atoms with Crippen LogP contribution in [0.4, 0.5) is 5.82 Å². The minimum Gasteiger partial charge on any atom is -0.388 e. The quantitative estimate of drug-likeness (QED) is 0.874. The van der Waals surface area contributed by atoms with Gasteiger partial charge in [0, 0.05) is 11.0 Å². The molecule has 0 aliphatic rings. The van der Waals surface area contributed by atoms with Crippen LogP contribution >= 0.6 is 15.9 Å². The lowest BCUT2D eigenvalue weighted by molar-refractivity contribution is 0.0456. The van der Waals surface area contributed by atoms with Crippen molar-refractivity contribution in [1.82, 2.24) is 4.98 Å². The number of aromatic nitrogens is 1. The Labute approximate surface area is 105 Å². The first kappa shape index (κ1) is 13.5. The highest BCUT2D eigenvalue weighted by Crippen LogP contribution is 2.18. The number of hydrogen-bond donors (Lipinski definition) is 2. The van der Waals surface area contributed by atoms with Crippen molar-refractivity contribution in [2.24, 2.45) is 0 Å². The first-order valence-electron chi connectivity index (χ1n) is 5.60. The van der Waals surface area contributed by atoms with Crippen molar-refractivity contribution in [3.05, 3.63) is 22.3 Å². The molecule has 0 radical (unpaired) electrons. The van der Waals surface area contributed by atoms with Crippen molar-refractivity contribution >= 4 is 21.7 Å². The predicted octanol–water partition coefficient (Wildman–Crippen LogP) is 3.12. The molecule has 1 aromatic rings. The third-order valence-electron chi connectivity index (χ3n) is 2.94. The molecule has 16 heavy (non-hydrogen) atoms. The van der Waals surface area contributed by atoms with Gasteiger partial charge in [-0.05, 0) is 47.8 Å². The number of anilines is 1. The summed E-state index contributed by atoms with van der Waals surface area (Å²) in [4.78, 5) is 4.38. The predicted molar refractivity (Wildman–Crippen MR) is 70.7 cm³/mol. The highest BCUT2D eigenvalue weighted by atomic mass is 79.9. The third-order valence-corrected chi connectivity index (χ3v) is 3.77. The fraction of sp³-hybridized carbons (Fsp3) is 0.583. The molecule has 1 heterocycles. The molecule has 0 amide bonds. The monoisotopic (exact) mass is 286 g/mol. The summed E-state index contributed by atoms with van der Waals surface area (Å²) < 4.78 is 0.999. The molecule has 0 saturated carbocycles. The van der Waals surface area contributed by atoms with E-state index in [0.717, 1.165) is 28.8 Å². The summed E-state index contributed by atoms with van der Waals surface area (Å²) in [5, 5.41) is 13.3. The Morgan fingerprint density at radius 3 is 2.50 bits per heavy atom. The van der Waals surface area contributed by atoms with Gasteiger partial charge in [0.1, 0.15) is 5.82 Å². The average Bonchev–Trinajstić information content (AvgIpc) is 2.30. The van der Waals surface area contributed by atoms with Crippen LogP contribution in [0, 0.1) is 6.92 Å². The number of aryl methyl sites for hydroxylation is 1. The summed E-state index contributed by atoms with van der Waals surface area (Å²) in [7, 11) is 0. The van der Waals surface area contributed by atoms with Gasteiger partial charge in [-0.25, -0.2) is 4.98 Å². The van der Waals surface area contributed by atoms with Crippen LogP contribution in [0.5, 0.6) is 0 Å². The molecule has 2 N–H and O–H groups in total. The molecule has 3 nitrogen and oxygen atoms in total. The van der Waals surface area contributed by atoms with Gasteiger partial charge in [0.15, 0.2) is 0 Å². The van der Waals surface area contributed by atoms with Crippen molar-refractivity contribution in [2.45, 2.75) is 39.2 Å². The number of pyridine rings is 1. The van der Waals surface area contributed by atoms with Gasteiger partial charge in [0.25, 0.3) is 0 Å². The lowest BCUT2D eigenvalue weighted by Gasteiger charge is -2.25. The Bertz CT molecular complexity index is 351. The lowest BCUT2D eigenvalue weighted by Crippen LogP contribution is -2.35. The van der Waals surface area contributed by atoms with E-state index in [4.69, 9.17) is 0 Å². The van der Waals surface area contributed by atoms with Crippen molar-refractivity contribution in [3.63, 3.8) is 0 Å². The van der Waals surface area contributed by atoms with Crippen LogP contribution in [0.15, 0.2) is 16.6 Å². The summed E-state index contributed by atoms with van der Waals surface area (Å²) >= 11 is 3.41. The van der Waals surface area contributed by atoms with Crippen molar-refractivity contribution in [3.8, 4) is 0 Å². The zero-order valence-corrected chi connectivity index (χ0v) is 11.6. The number of halogens is 1. The molecule has 0 aliphatic heterocycles. The Balaban J connectivity index is 2.64. The van der Waals surface area contributed by atoms with E-state index >= 15 is 0 Å². The number of rotatable bonds is 5. The van der Waals surface area contributed by atoms with E-state index in [-0.39, 0.29) is 0 Å². The van der Waals surface area contributed by atoms with Crippen LogP contribution in [-0.4, -0.2) is 22.2 Å². The Morgan fingerprint density at radius 2 is 2.00 bits per heavy atom. The number of hydrogen-bond acceptors (Lipinski definition) is 3. The molecule has 0 atom stereocenters. The van der Waals surface area contributed by atoms with Gasteiger partial charge in [-0.2, -0.15) is 0 Å². The normalized spacial score (nSPS) is 11.6. The first-order chi connectivity index (χ1) is 7.50. The van der Waals surface area contributed by atoms with Gasteiger partial charge in [-0.3, -0.25) is 0 Å². The average molecular weight is 287 g/mol. The van der Waals surface area contributed by atoms with Crippen LogP contribution in [0.1, 0.15) is 32.4 Å². The highest BCUT2D eigenvalue weighted by molar-refractivity contribution is 9.10.